The Kier molecular flexibility index (Phi) is 3.74. The second-order valence-corrected chi connectivity index (χ2v) is 8.50. The molecule has 4 rings (SSSR count). The van der Waals surface area contributed by atoms with Gasteiger partial charge in [-0.1, -0.05) is 23.5 Å². The Morgan fingerprint density at radius 1 is 1.12 bits per heavy atom. The number of benzene rings is 2. The SMILES string of the molecule is CS(=O)(=O)c1cccc(-c2nnc(Nc3ccc4[nH]ncc4c3)s2)c1. The van der Waals surface area contributed by atoms with Crippen LogP contribution in [-0.2, 0) is 9.84 Å². The Morgan fingerprint density at radius 2 is 2.00 bits per heavy atom. The van der Waals surface area contributed by atoms with E-state index in [-0.39, 0.29) is 4.90 Å². The minimum absolute atomic E-state index is 0.264. The minimum Gasteiger partial charge on any atom is -0.330 e. The van der Waals surface area contributed by atoms with Crippen molar-refractivity contribution >= 4 is 42.9 Å². The topological polar surface area (TPSA) is 101 Å². The number of anilines is 2. The van der Waals surface area contributed by atoms with E-state index < -0.39 is 9.84 Å². The summed E-state index contributed by atoms with van der Waals surface area (Å²) in [5, 5.41) is 20.7. The number of nitrogens with one attached hydrogen (secondary N) is 2. The number of aromatic amines is 1. The van der Waals surface area contributed by atoms with Crippen LogP contribution in [0, 0.1) is 0 Å². The van der Waals surface area contributed by atoms with Crippen molar-refractivity contribution in [2.45, 2.75) is 4.90 Å². The van der Waals surface area contributed by atoms with Gasteiger partial charge in [0.05, 0.1) is 16.6 Å². The summed E-state index contributed by atoms with van der Waals surface area (Å²) in [5.41, 5.74) is 2.56. The Labute approximate surface area is 147 Å². The quantitative estimate of drug-likeness (QED) is 0.571. The molecule has 0 bridgehead atoms. The number of fused-ring (bicyclic) bond motifs is 1. The maximum atomic E-state index is 11.7. The largest absolute Gasteiger partial charge is 0.330 e. The van der Waals surface area contributed by atoms with Gasteiger partial charge in [0.15, 0.2) is 9.84 Å². The third kappa shape index (κ3) is 3.24. The molecule has 0 saturated carbocycles. The van der Waals surface area contributed by atoms with Crippen LogP contribution in [-0.4, -0.2) is 35.1 Å². The van der Waals surface area contributed by atoms with E-state index in [1.807, 2.05) is 24.3 Å². The molecule has 126 valence electrons. The standard InChI is InChI=1S/C16H13N5O2S2/c1-25(22,23)13-4-2-3-10(8-13)15-20-21-16(24-15)18-12-5-6-14-11(7-12)9-17-19-14/h2-9H,1H3,(H,17,19)(H,18,21). The van der Waals surface area contributed by atoms with Crippen LogP contribution in [0.25, 0.3) is 21.5 Å². The molecule has 2 aromatic heterocycles. The normalized spacial score (nSPS) is 11.7. The van der Waals surface area contributed by atoms with E-state index in [1.54, 1.807) is 24.4 Å². The van der Waals surface area contributed by atoms with Crippen LogP contribution in [0.1, 0.15) is 0 Å². The lowest BCUT2D eigenvalue weighted by molar-refractivity contribution is 0.602. The first-order valence-corrected chi connectivity index (χ1v) is 10.0. The second kappa shape index (κ2) is 5.94. The van der Waals surface area contributed by atoms with E-state index in [0.717, 1.165) is 22.2 Å². The van der Waals surface area contributed by atoms with Crippen molar-refractivity contribution < 1.29 is 8.42 Å². The molecule has 0 saturated heterocycles. The average molecular weight is 371 g/mol. The highest BCUT2D eigenvalue weighted by Crippen LogP contribution is 2.30. The molecule has 7 nitrogen and oxygen atoms in total. The zero-order valence-electron chi connectivity index (χ0n) is 13.1. The lowest BCUT2D eigenvalue weighted by Crippen LogP contribution is -1.96. The van der Waals surface area contributed by atoms with E-state index in [2.05, 4.69) is 25.7 Å². The molecular formula is C16H13N5O2S2. The van der Waals surface area contributed by atoms with Gasteiger partial charge in [-0.3, -0.25) is 5.10 Å². The zero-order valence-corrected chi connectivity index (χ0v) is 14.7. The highest BCUT2D eigenvalue weighted by atomic mass is 32.2. The van der Waals surface area contributed by atoms with Crippen molar-refractivity contribution in [2.24, 2.45) is 0 Å². The van der Waals surface area contributed by atoms with E-state index in [9.17, 15) is 8.42 Å². The second-order valence-electron chi connectivity index (χ2n) is 5.51. The average Bonchev–Trinajstić information content (AvgIpc) is 3.23. The molecule has 4 aromatic rings. The molecule has 2 N–H and O–H groups in total. The molecule has 25 heavy (non-hydrogen) atoms. The molecular weight excluding hydrogens is 358 g/mol. The number of hydrogen-bond acceptors (Lipinski definition) is 7. The maximum absolute atomic E-state index is 11.7. The molecule has 0 atom stereocenters. The fourth-order valence-electron chi connectivity index (χ4n) is 2.39. The van der Waals surface area contributed by atoms with Gasteiger partial charge in [-0.05, 0) is 30.3 Å². The van der Waals surface area contributed by atoms with E-state index in [4.69, 9.17) is 0 Å². The Bertz CT molecular complexity index is 1160. The van der Waals surface area contributed by atoms with Crippen LogP contribution in [0.15, 0.2) is 53.6 Å². The predicted molar refractivity (Wildman–Crippen MR) is 97.8 cm³/mol. The fourth-order valence-corrected chi connectivity index (χ4v) is 3.82. The number of aromatic nitrogens is 4. The third-order valence-electron chi connectivity index (χ3n) is 3.63. The Hall–Kier alpha value is -2.78. The number of hydrogen-bond donors (Lipinski definition) is 2. The van der Waals surface area contributed by atoms with Gasteiger partial charge < -0.3 is 5.32 Å². The molecule has 0 aliphatic rings. The minimum atomic E-state index is -3.26. The van der Waals surface area contributed by atoms with Gasteiger partial charge in [-0.15, -0.1) is 10.2 Å². The molecule has 2 aromatic carbocycles. The van der Waals surface area contributed by atoms with Crippen LogP contribution in [0.2, 0.25) is 0 Å². The van der Waals surface area contributed by atoms with Crippen molar-refractivity contribution in [3.63, 3.8) is 0 Å². The summed E-state index contributed by atoms with van der Waals surface area (Å²) >= 11 is 1.36. The fraction of sp³-hybridized carbons (Fsp3) is 0.0625. The molecule has 0 aliphatic carbocycles. The molecule has 9 heteroatoms. The summed E-state index contributed by atoms with van der Waals surface area (Å²) in [5.74, 6) is 0. The number of H-pyrrole nitrogens is 1. The summed E-state index contributed by atoms with van der Waals surface area (Å²) in [6.45, 7) is 0. The first-order chi connectivity index (χ1) is 12.0. The van der Waals surface area contributed by atoms with Crippen LogP contribution >= 0.6 is 11.3 Å². The van der Waals surface area contributed by atoms with Crippen LogP contribution < -0.4 is 5.32 Å². The molecule has 0 unspecified atom stereocenters. The molecule has 0 fully saturated rings. The first-order valence-electron chi connectivity index (χ1n) is 7.33. The maximum Gasteiger partial charge on any atom is 0.210 e. The first kappa shape index (κ1) is 15.7. The third-order valence-corrected chi connectivity index (χ3v) is 5.62. The number of rotatable bonds is 4. The van der Waals surface area contributed by atoms with Crippen LogP contribution in [0.5, 0.6) is 0 Å². The molecule has 0 aliphatic heterocycles. The van der Waals surface area contributed by atoms with Crippen molar-refractivity contribution in [1.82, 2.24) is 20.4 Å². The summed E-state index contributed by atoms with van der Waals surface area (Å²) in [6, 6.07) is 12.5. The lowest BCUT2D eigenvalue weighted by Gasteiger charge is -2.01. The monoisotopic (exact) mass is 371 g/mol. The lowest BCUT2D eigenvalue weighted by atomic mass is 10.2. The van der Waals surface area contributed by atoms with Gasteiger partial charge >= 0.3 is 0 Å². The van der Waals surface area contributed by atoms with Gasteiger partial charge in [-0.25, -0.2) is 8.42 Å². The Balaban J connectivity index is 1.62. The van der Waals surface area contributed by atoms with E-state index in [0.29, 0.717) is 10.1 Å². The highest BCUT2D eigenvalue weighted by Gasteiger charge is 2.12. The van der Waals surface area contributed by atoms with Crippen LogP contribution in [0.4, 0.5) is 10.8 Å². The highest BCUT2D eigenvalue weighted by molar-refractivity contribution is 7.90. The van der Waals surface area contributed by atoms with Crippen molar-refractivity contribution in [2.75, 3.05) is 11.6 Å². The van der Waals surface area contributed by atoms with Crippen LogP contribution in [0.3, 0.4) is 0 Å². The van der Waals surface area contributed by atoms with Gasteiger partial charge in [0.25, 0.3) is 0 Å². The number of nitrogens with zero attached hydrogens (tertiary/aromatic N) is 3. The smallest absolute Gasteiger partial charge is 0.210 e. The molecule has 2 heterocycles. The number of sulfone groups is 1. The van der Waals surface area contributed by atoms with E-state index in [1.165, 1.54) is 17.6 Å². The summed E-state index contributed by atoms with van der Waals surface area (Å²) in [7, 11) is -3.26. The van der Waals surface area contributed by atoms with Crippen molar-refractivity contribution in [3.05, 3.63) is 48.7 Å². The zero-order chi connectivity index (χ0) is 17.4. The van der Waals surface area contributed by atoms with E-state index >= 15 is 0 Å². The van der Waals surface area contributed by atoms with Crippen molar-refractivity contribution in [1.29, 1.82) is 0 Å². The summed E-state index contributed by atoms with van der Waals surface area (Å²) < 4.78 is 23.4. The predicted octanol–water partition coefficient (Wildman–Crippen LogP) is 3.23. The van der Waals surface area contributed by atoms with Crippen molar-refractivity contribution in [3.8, 4) is 10.6 Å². The molecule has 0 spiro atoms. The van der Waals surface area contributed by atoms with Gasteiger partial charge in [0, 0.05) is 22.9 Å². The van der Waals surface area contributed by atoms with Gasteiger partial charge in [0.2, 0.25) is 5.13 Å². The van der Waals surface area contributed by atoms with Gasteiger partial charge in [0.1, 0.15) is 5.01 Å². The summed E-state index contributed by atoms with van der Waals surface area (Å²) in [4.78, 5) is 0.264. The van der Waals surface area contributed by atoms with Gasteiger partial charge in [-0.2, -0.15) is 5.10 Å². The molecule has 0 amide bonds. The summed E-state index contributed by atoms with van der Waals surface area (Å²) in [6.07, 6.45) is 2.94. The Morgan fingerprint density at radius 3 is 2.84 bits per heavy atom. The molecule has 0 radical (unpaired) electrons.